The van der Waals surface area contributed by atoms with E-state index >= 15 is 0 Å². The Labute approximate surface area is 127 Å². The highest BCUT2D eigenvalue weighted by atomic mass is 32.2. The summed E-state index contributed by atoms with van der Waals surface area (Å²) in [6.45, 7) is 7.90. The number of aliphatic carboxylic acids is 2. The van der Waals surface area contributed by atoms with E-state index in [4.69, 9.17) is 9.47 Å². The van der Waals surface area contributed by atoms with Gasteiger partial charge in [-0.25, -0.2) is 0 Å². The van der Waals surface area contributed by atoms with Gasteiger partial charge in [-0.1, -0.05) is 0 Å². The molecule has 0 aromatic carbocycles. The van der Waals surface area contributed by atoms with Gasteiger partial charge in [-0.2, -0.15) is 0 Å². The smallest absolute Gasteiger partial charge is 0.318 e. The molecule has 0 amide bonds. The van der Waals surface area contributed by atoms with E-state index in [9.17, 15) is 19.8 Å². The Kier molecular flexibility index (Phi) is 10.1. The molecule has 0 saturated heterocycles. The number of ether oxygens (including phenoxy) is 2. The molecule has 6 nitrogen and oxygen atoms in total. The van der Waals surface area contributed by atoms with Gasteiger partial charge in [-0.3, -0.25) is 9.59 Å². The van der Waals surface area contributed by atoms with Crippen LogP contribution in [0.4, 0.5) is 0 Å². The third-order valence-electron chi connectivity index (χ3n) is 2.24. The van der Waals surface area contributed by atoms with Crippen molar-refractivity contribution in [1.29, 1.82) is 0 Å². The average Bonchev–Trinajstić information content (AvgIpc) is 2.33. The van der Waals surface area contributed by atoms with Crippen LogP contribution >= 0.6 is 23.5 Å². The van der Waals surface area contributed by atoms with Crippen molar-refractivity contribution >= 4 is 35.5 Å². The summed E-state index contributed by atoms with van der Waals surface area (Å²) in [5, 5.41) is 16.3. The second-order valence-corrected chi connectivity index (χ2v) is 6.72. The monoisotopic (exact) mass is 326 g/mol. The van der Waals surface area contributed by atoms with Crippen molar-refractivity contribution < 1.29 is 29.3 Å². The maximum atomic E-state index is 11.3. The normalized spacial score (nSPS) is 17.2. The van der Waals surface area contributed by atoms with Crippen molar-refractivity contribution in [3.63, 3.8) is 0 Å². The lowest BCUT2D eigenvalue weighted by atomic mass is 10.3. The van der Waals surface area contributed by atoms with Gasteiger partial charge in [-0.15, -0.1) is 23.5 Å². The average molecular weight is 326 g/mol. The molecule has 4 atom stereocenters. The summed E-state index contributed by atoms with van der Waals surface area (Å²) in [5.41, 5.74) is -0.767. The number of rotatable bonds is 11. The Bertz CT molecular complexity index is 282. The molecule has 2 N–H and O–H groups in total. The van der Waals surface area contributed by atoms with Crippen LogP contribution in [0, 0.1) is 0 Å². The van der Waals surface area contributed by atoms with Crippen LogP contribution in [0.15, 0.2) is 0 Å². The lowest BCUT2D eigenvalue weighted by molar-refractivity contribution is -0.142. The maximum Gasteiger partial charge on any atom is 0.318 e. The van der Waals surface area contributed by atoms with Crippen molar-refractivity contribution in [2.24, 2.45) is 0 Å². The van der Waals surface area contributed by atoms with E-state index in [1.807, 2.05) is 0 Å². The predicted molar refractivity (Wildman–Crippen MR) is 80.2 cm³/mol. The summed E-state index contributed by atoms with van der Waals surface area (Å²) in [5.74, 6) is -2.32. The van der Waals surface area contributed by atoms with Crippen LogP contribution in [0.2, 0.25) is 0 Å². The molecule has 0 heterocycles. The van der Waals surface area contributed by atoms with Crippen LogP contribution in [0.25, 0.3) is 0 Å². The van der Waals surface area contributed by atoms with Crippen molar-refractivity contribution in [2.75, 3.05) is 13.2 Å². The second kappa shape index (κ2) is 10.3. The van der Waals surface area contributed by atoms with Crippen LogP contribution in [0.1, 0.15) is 27.7 Å². The van der Waals surface area contributed by atoms with E-state index in [-0.39, 0.29) is 10.9 Å². The standard InChI is InChI=1S/C12H22O6S2/c1-5-17-7(3)19-9(11(13)14)10(12(15)16)20-8(4)18-6-2/h7-10H,5-6H2,1-4H3,(H,13,14)(H,15,16). The number of carboxylic acids is 2. The summed E-state index contributed by atoms with van der Waals surface area (Å²) >= 11 is 1.99. The first kappa shape index (κ1) is 19.6. The summed E-state index contributed by atoms with van der Waals surface area (Å²) in [6.07, 6.45) is 0. The lowest BCUT2D eigenvalue weighted by Crippen LogP contribution is -2.38. The molecule has 8 heteroatoms. The summed E-state index contributed by atoms with van der Waals surface area (Å²) in [6, 6.07) is 0. The minimum absolute atomic E-state index is 0.383. The maximum absolute atomic E-state index is 11.3. The SMILES string of the molecule is CCOC(C)SC(C(=O)O)C(SC(C)OCC)C(=O)O. The molecule has 4 unspecified atom stereocenters. The molecule has 118 valence electrons. The summed E-state index contributed by atoms with van der Waals surface area (Å²) < 4.78 is 10.5. The van der Waals surface area contributed by atoms with E-state index in [2.05, 4.69) is 0 Å². The minimum Gasteiger partial charge on any atom is -0.480 e. The van der Waals surface area contributed by atoms with Gasteiger partial charge in [0.2, 0.25) is 0 Å². The molecule has 20 heavy (non-hydrogen) atoms. The van der Waals surface area contributed by atoms with E-state index in [1.165, 1.54) is 0 Å². The fourth-order valence-corrected chi connectivity index (χ4v) is 3.87. The number of carbonyl (C=O) groups is 2. The molecule has 0 aliphatic heterocycles. The molecular formula is C12H22O6S2. The topological polar surface area (TPSA) is 93.1 Å². The first-order chi connectivity index (χ1) is 9.33. The van der Waals surface area contributed by atoms with Crippen molar-refractivity contribution in [3.8, 4) is 0 Å². The van der Waals surface area contributed by atoms with Crippen molar-refractivity contribution in [1.82, 2.24) is 0 Å². The van der Waals surface area contributed by atoms with Crippen LogP contribution in [0.5, 0.6) is 0 Å². The number of carboxylic acid groups (broad SMARTS) is 2. The zero-order chi connectivity index (χ0) is 15.7. The molecule has 0 spiro atoms. The Balaban J connectivity index is 4.86. The largest absolute Gasteiger partial charge is 0.480 e. The molecule has 0 bridgehead atoms. The quantitative estimate of drug-likeness (QED) is 0.558. The number of hydrogen-bond acceptors (Lipinski definition) is 6. The van der Waals surface area contributed by atoms with Gasteiger partial charge >= 0.3 is 11.9 Å². The minimum atomic E-state index is -1.16. The van der Waals surface area contributed by atoms with Crippen LogP contribution in [-0.2, 0) is 19.1 Å². The van der Waals surface area contributed by atoms with Gasteiger partial charge in [0.1, 0.15) is 21.4 Å². The predicted octanol–water partition coefficient (Wildman–Crippen LogP) is 2.12. The third-order valence-corrected chi connectivity index (χ3v) is 4.99. The van der Waals surface area contributed by atoms with Gasteiger partial charge in [-0.05, 0) is 27.7 Å². The Morgan fingerprint density at radius 2 is 1.20 bits per heavy atom. The molecule has 0 aliphatic carbocycles. The molecule has 0 rings (SSSR count). The van der Waals surface area contributed by atoms with Crippen molar-refractivity contribution in [2.45, 2.75) is 49.1 Å². The zero-order valence-corrected chi connectivity index (χ0v) is 13.7. The van der Waals surface area contributed by atoms with E-state index in [1.54, 1.807) is 27.7 Å². The van der Waals surface area contributed by atoms with Gasteiger partial charge in [0, 0.05) is 13.2 Å². The van der Waals surface area contributed by atoms with Crippen LogP contribution in [-0.4, -0.2) is 56.7 Å². The molecule has 0 fully saturated rings. The first-order valence-electron chi connectivity index (χ1n) is 6.33. The van der Waals surface area contributed by atoms with Gasteiger partial charge in [0.05, 0.1) is 0 Å². The lowest BCUT2D eigenvalue weighted by Gasteiger charge is -2.24. The highest BCUT2D eigenvalue weighted by Crippen LogP contribution is 2.31. The Morgan fingerprint density at radius 3 is 1.40 bits per heavy atom. The number of hydrogen-bond donors (Lipinski definition) is 2. The summed E-state index contributed by atoms with van der Waals surface area (Å²) in [7, 11) is 0. The summed E-state index contributed by atoms with van der Waals surface area (Å²) in [4.78, 5) is 22.7. The van der Waals surface area contributed by atoms with E-state index in [0.29, 0.717) is 13.2 Å². The van der Waals surface area contributed by atoms with Gasteiger partial charge in [0.15, 0.2) is 0 Å². The third kappa shape index (κ3) is 7.37. The molecule has 0 aromatic rings. The fraction of sp³-hybridized carbons (Fsp3) is 0.833. The highest BCUT2D eigenvalue weighted by molar-refractivity contribution is 8.05. The van der Waals surface area contributed by atoms with Crippen molar-refractivity contribution in [3.05, 3.63) is 0 Å². The molecular weight excluding hydrogens is 304 g/mol. The number of thioether (sulfide) groups is 2. The molecule has 0 aromatic heterocycles. The molecule has 0 aliphatic rings. The van der Waals surface area contributed by atoms with Gasteiger partial charge < -0.3 is 19.7 Å². The molecule has 0 radical (unpaired) electrons. The second-order valence-electron chi connectivity index (χ2n) is 3.84. The fourth-order valence-electron chi connectivity index (χ4n) is 1.48. The van der Waals surface area contributed by atoms with Crippen LogP contribution in [0.3, 0.4) is 0 Å². The highest BCUT2D eigenvalue weighted by Gasteiger charge is 2.37. The van der Waals surface area contributed by atoms with Crippen LogP contribution < -0.4 is 0 Å². The Morgan fingerprint density at radius 1 is 0.900 bits per heavy atom. The van der Waals surface area contributed by atoms with Gasteiger partial charge in [0.25, 0.3) is 0 Å². The van der Waals surface area contributed by atoms with E-state index < -0.39 is 22.4 Å². The first-order valence-corrected chi connectivity index (χ1v) is 8.21. The zero-order valence-electron chi connectivity index (χ0n) is 12.1. The molecule has 0 saturated carbocycles. The van der Waals surface area contributed by atoms with E-state index in [0.717, 1.165) is 23.5 Å². The Hall–Kier alpha value is -0.440.